The van der Waals surface area contributed by atoms with Crippen LogP contribution in [0.1, 0.15) is 19.7 Å². The molecule has 0 aliphatic rings. The molecule has 2 aromatic rings. The molecule has 0 aliphatic heterocycles. The Balaban J connectivity index is 2.13. The minimum atomic E-state index is 0.0446. The summed E-state index contributed by atoms with van der Waals surface area (Å²) in [5.74, 6) is 1.59. The van der Waals surface area contributed by atoms with E-state index in [1.54, 1.807) is 0 Å². The van der Waals surface area contributed by atoms with Crippen molar-refractivity contribution in [1.29, 1.82) is 0 Å². The number of benzene rings is 1. The summed E-state index contributed by atoms with van der Waals surface area (Å²) in [5.41, 5.74) is 6.92. The van der Waals surface area contributed by atoms with Crippen LogP contribution in [0.2, 0.25) is 0 Å². The van der Waals surface area contributed by atoms with Crippen LogP contribution in [0.15, 0.2) is 33.3 Å². The fourth-order valence-corrected chi connectivity index (χ4v) is 1.76. The highest BCUT2D eigenvalue weighted by molar-refractivity contribution is 9.10. The Morgan fingerprint density at radius 1 is 1.28 bits per heavy atom. The van der Waals surface area contributed by atoms with E-state index in [0.29, 0.717) is 24.1 Å². The molecule has 0 aliphatic carbocycles. The first-order valence-corrected chi connectivity index (χ1v) is 6.69. The topological polar surface area (TPSA) is 64.9 Å². The van der Waals surface area contributed by atoms with Crippen molar-refractivity contribution in [2.45, 2.75) is 26.3 Å². The largest absolute Gasteiger partial charge is 0.339 e. The van der Waals surface area contributed by atoms with Crippen molar-refractivity contribution in [3.8, 4) is 11.4 Å². The van der Waals surface area contributed by atoms with Gasteiger partial charge in [-0.1, -0.05) is 34.9 Å². The fraction of sp³-hybridized carbons (Fsp3) is 0.385. The van der Waals surface area contributed by atoms with Gasteiger partial charge in [-0.05, 0) is 30.2 Å². The second kappa shape index (κ2) is 5.63. The first kappa shape index (κ1) is 13.2. The van der Waals surface area contributed by atoms with Crippen molar-refractivity contribution >= 4 is 15.9 Å². The highest BCUT2D eigenvalue weighted by Gasteiger charge is 2.14. The highest BCUT2D eigenvalue weighted by atomic mass is 79.9. The molecular formula is C13H16BrN3O. The maximum absolute atomic E-state index is 5.98. The number of nitrogens with zero attached hydrogens (tertiary/aromatic N) is 2. The maximum atomic E-state index is 5.98. The molecule has 2 rings (SSSR count). The van der Waals surface area contributed by atoms with Gasteiger partial charge < -0.3 is 10.3 Å². The van der Waals surface area contributed by atoms with Crippen LogP contribution in [0.3, 0.4) is 0 Å². The highest BCUT2D eigenvalue weighted by Crippen LogP contribution is 2.19. The van der Waals surface area contributed by atoms with E-state index >= 15 is 0 Å². The molecule has 0 amide bonds. The SMILES string of the molecule is CC(C)C(N)Cc1nc(-c2ccc(Br)cc2)no1. The van der Waals surface area contributed by atoms with Crippen molar-refractivity contribution in [3.05, 3.63) is 34.6 Å². The number of nitrogens with two attached hydrogens (primary N) is 1. The molecule has 0 fully saturated rings. The van der Waals surface area contributed by atoms with Gasteiger partial charge in [-0.2, -0.15) is 4.98 Å². The summed E-state index contributed by atoms with van der Waals surface area (Å²) < 4.78 is 6.24. The summed E-state index contributed by atoms with van der Waals surface area (Å²) in [4.78, 5) is 4.36. The third-order valence-electron chi connectivity index (χ3n) is 2.84. The second-order valence-electron chi connectivity index (χ2n) is 4.63. The van der Waals surface area contributed by atoms with Crippen molar-refractivity contribution < 1.29 is 4.52 Å². The number of hydrogen-bond acceptors (Lipinski definition) is 4. The summed E-state index contributed by atoms with van der Waals surface area (Å²) in [5, 5.41) is 3.97. The van der Waals surface area contributed by atoms with E-state index in [0.717, 1.165) is 10.0 Å². The number of halogens is 1. The minimum absolute atomic E-state index is 0.0446. The molecule has 5 heteroatoms. The molecule has 1 aromatic heterocycles. The third kappa shape index (κ3) is 3.17. The quantitative estimate of drug-likeness (QED) is 0.942. The molecule has 0 saturated heterocycles. The van der Waals surface area contributed by atoms with E-state index < -0.39 is 0 Å². The monoisotopic (exact) mass is 309 g/mol. The van der Waals surface area contributed by atoms with Gasteiger partial charge in [0.05, 0.1) is 0 Å². The van der Waals surface area contributed by atoms with Crippen molar-refractivity contribution in [1.82, 2.24) is 10.1 Å². The Morgan fingerprint density at radius 2 is 1.94 bits per heavy atom. The zero-order valence-electron chi connectivity index (χ0n) is 10.4. The summed E-state index contributed by atoms with van der Waals surface area (Å²) >= 11 is 3.39. The Labute approximate surface area is 115 Å². The average molecular weight is 310 g/mol. The van der Waals surface area contributed by atoms with E-state index in [9.17, 15) is 0 Å². The molecule has 0 spiro atoms. The molecule has 0 radical (unpaired) electrons. The van der Waals surface area contributed by atoms with Gasteiger partial charge in [-0.25, -0.2) is 0 Å². The molecule has 0 bridgehead atoms. The maximum Gasteiger partial charge on any atom is 0.228 e. The van der Waals surface area contributed by atoms with Crippen molar-refractivity contribution in [2.24, 2.45) is 11.7 Å². The molecule has 1 atom stereocenters. The lowest BCUT2D eigenvalue weighted by atomic mass is 10.0. The molecule has 1 aromatic carbocycles. The van der Waals surface area contributed by atoms with Crippen molar-refractivity contribution in [2.75, 3.05) is 0 Å². The lowest BCUT2D eigenvalue weighted by molar-refractivity contribution is 0.353. The molecule has 1 unspecified atom stereocenters. The summed E-state index contributed by atoms with van der Waals surface area (Å²) in [6, 6.07) is 7.83. The third-order valence-corrected chi connectivity index (χ3v) is 3.37. The van der Waals surface area contributed by atoms with Crippen LogP contribution in [-0.4, -0.2) is 16.2 Å². The molecule has 96 valence electrons. The van der Waals surface area contributed by atoms with E-state index in [2.05, 4.69) is 39.9 Å². The zero-order valence-corrected chi connectivity index (χ0v) is 12.0. The number of hydrogen-bond donors (Lipinski definition) is 1. The molecule has 4 nitrogen and oxygen atoms in total. The van der Waals surface area contributed by atoms with Gasteiger partial charge >= 0.3 is 0 Å². The molecular weight excluding hydrogens is 294 g/mol. The van der Waals surface area contributed by atoms with Gasteiger partial charge in [0, 0.05) is 22.5 Å². The van der Waals surface area contributed by atoms with Gasteiger partial charge in [0.15, 0.2) is 0 Å². The number of rotatable bonds is 4. The van der Waals surface area contributed by atoms with Crippen molar-refractivity contribution in [3.63, 3.8) is 0 Å². The van der Waals surface area contributed by atoms with Crippen LogP contribution >= 0.6 is 15.9 Å². The molecule has 0 saturated carbocycles. The zero-order chi connectivity index (χ0) is 13.1. The lowest BCUT2D eigenvalue weighted by Gasteiger charge is -2.11. The summed E-state index contributed by atoms with van der Waals surface area (Å²) in [7, 11) is 0. The Kier molecular flexibility index (Phi) is 4.14. The molecule has 18 heavy (non-hydrogen) atoms. The van der Waals surface area contributed by atoms with E-state index in [1.165, 1.54) is 0 Å². The first-order chi connectivity index (χ1) is 8.56. The smallest absolute Gasteiger partial charge is 0.228 e. The Bertz CT molecular complexity index is 507. The van der Waals surface area contributed by atoms with Crippen LogP contribution in [0.4, 0.5) is 0 Å². The van der Waals surface area contributed by atoms with Gasteiger partial charge in [-0.3, -0.25) is 0 Å². The predicted molar refractivity (Wildman–Crippen MR) is 74.0 cm³/mol. The van der Waals surface area contributed by atoms with Gasteiger partial charge in [-0.15, -0.1) is 0 Å². The summed E-state index contributed by atoms with van der Waals surface area (Å²) in [6.07, 6.45) is 0.612. The van der Waals surface area contributed by atoms with Crippen LogP contribution < -0.4 is 5.73 Å². The average Bonchev–Trinajstić information content (AvgIpc) is 2.78. The van der Waals surface area contributed by atoms with E-state index in [-0.39, 0.29) is 6.04 Å². The van der Waals surface area contributed by atoms with E-state index in [4.69, 9.17) is 10.3 Å². The fourth-order valence-electron chi connectivity index (χ4n) is 1.49. The van der Waals surface area contributed by atoms with Gasteiger partial charge in [0.2, 0.25) is 11.7 Å². The molecule has 2 N–H and O–H groups in total. The van der Waals surface area contributed by atoms with Crippen LogP contribution in [-0.2, 0) is 6.42 Å². The Hall–Kier alpha value is -1.20. The van der Waals surface area contributed by atoms with E-state index in [1.807, 2.05) is 24.3 Å². The standard InChI is InChI=1S/C13H16BrN3O/c1-8(2)11(15)7-12-16-13(17-18-12)9-3-5-10(14)6-4-9/h3-6,8,11H,7,15H2,1-2H3. The van der Waals surface area contributed by atoms with Crippen LogP contribution in [0.25, 0.3) is 11.4 Å². The lowest BCUT2D eigenvalue weighted by Crippen LogP contribution is -2.28. The first-order valence-electron chi connectivity index (χ1n) is 5.90. The number of aromatic nitrogens is 2. The predicted octanol–water partition coefficient (Wildman–Crippen LogP) is 3.02. The Morgan fingerprint density at radius 3 is 2.56 bits per heavy atom. The van der Waals surface area contributed by atoms with Crippen LogP contribution in [0, 0.1) is 5.92 Å². The van der Waals surface area contributed by atoms with Crippen LogP contribution in [0.5, 0.6) is 0 Å². The minimum Gasteiger partial charge on any atom is -0.339 e. The normalized spacial score (nSPS) is 12.9. The summed E-state index contributed by atoms with van der Waals surface area (Å²) in [6.45, 7) is 4.16. The van der Waals surface area contributed by atoms with Gasteiger partial charge in [0.25, 0.3) is 0 Å². The molecule has 1 heterocycles. The second-order valence-corrected chi connectivity index (χ2v) is 5.55. The van der Waals surface area contributed by atoms with Gasteiger partial charge in [0.1, 0.15) is 0 Å².